The lowest BCUT2D eigenvalue weighted by Gasteiger charge is -2.31. The van der Waals surface area contributed by atoms with Crippen LogP contribution in [-0.2, 0) is 0 Å². The first kappa shape index (κ1) is 16.1. The summed E-state index contributed by atoms with van der Waals surface area (Å²) in [6.45, 7) is 8.09. The molecule has 4 nitrogen and oxygen atoms in total. The molecule has 1 aromatic heterocycles. The van der Waals surface area contributed by atoms with Gasteiger partial charge < -0.3 is 10.6 Å². The van der Waals surface area contributed by atoms with Crippen molar-refractivity contribution in [3.63, 3.8) is 0 Å². The van der Waals surface area contributed by atoms with E-state index in [1.807, 2.05) is 11.0 Å². The van der Waals surface area contributed by atoms with Gasteiger partial charge in [-0.05, 0) is 46.4 Å². The van der Waals surface area contributed by atoms with Crippen LogP contribution in [0.1, 0.15) is 37.7 Å². The Morgan fingerprint density at radius 2 is 2.21 bits per heavy atom. The second-order valence-corrected chi connectivity index (χ2v) is 6.28. The third kappa shape index (κ3) is 4.58. The van der Waals surface area contributed by atoms with Crippen molar-refractivity contribution in [3.8, 4) is 0 Å². The summed E-state index contributed by atoms with van der Waals surface area (Å²) < 4.78 is 0.728. The van der Waals surface area contributed by atoms with Crippen molar-refractivity contribution in [3.05, 3.63) is 28.5 Å². The van der Waals surface area contributed by atoms with Crippen molar-refractivity contribution < 1.29 is 4.79 Å². The summed E-state index contributed by atoms with van der Waals surface area (Å²) >= 11 is 3.38. The van der Waals surface area contributed by atoms with Gasteiger partial charge in [0.15, 0.2) is 0 Å². The van der Waals surface area contributed by atoms with Crippen LogP contribution in [0.3, 0.4) is 0 Å². The number of pyridine rings is 1. The first-order valence-corrected chi connectivity index (χ1v) is 7.30. The highest BCUT2D eigenvalue weighted by Crippen LogP contribution is 2.20. The van der Waals surface area contributed by atoms with Gasteiger partial charge in [-0.25, -0.2) is 4.98 Å². The number of aromatic nitrogens is 1. The third-order valence-electron chi connectivity index (χ3n) is 2.91. The number of hydrogen-bond donors (Lipinski definition) is 1. The molecule has 0 bridgehead atoms. The Hall–Kier alpha value is -0.940. The van der Waals surface area contributed by atoms with E-state index in [0.717, 1.165) is 10.9 Å². The van der Waals surface area contributed by atoms with E-state index in [-0.39, 0.29) is 11.3 Å². The Morgan fingerprint density at radius 1 is 1.53 bits per heavy atom. The van der Waals surface area contributed by atoms with Gasteiger partial charge in [-0.1, -0.05) is 20.8 Å². The molecule has 0 aliphatic rings. The number of nitrogens with zero attached hydrogens (tertiary/aromatic N) is 2. The molecule has 106 valence electrons. The Balaban J connectivity index is 2.93. The second kappa shape index (κ2) is 7.01. The first-order chi connectivity index (χ1) is 8.91. The molecule has 1 heterocycles. The van der Waals surface area contributed by atoms with Crippen LogP contribution in [0.25, 0.3) is 0 Å². The summed E-state index contributed by atoms with van der Waals surface area (Å²) in [4.78, 5) is 18.5. The van der Waals surface area contributed by atoms with Gasteiger partial charge in [0, 0.05) is 23.8 Å². The standard InChI is InChI=1S/C14H22BrN3O/c1-4-8-18(10-14(2,3)9-16)13(19)12-11(15)6-5-7-17-12/h5-7H,4,8-10,16H2,1-3H3. The van der Waals surface area contributed by atoms with Gasteiger partial charge in [-0.15, -0.1) is 0 Å². The van der Waals surface area contributed by atoms with Crippen LogP contribution < -0.4 is 5.73 Å². The number of amides is 1. The Kier molecular flexibility index (Phi) is 5.94. The molecule has 0 spiro atoms. The molecule has 0 fully saturated rings. The van der Waals surface area contributed by atoms with Crippen LogP contribution in [0.15, 0.2) is 22.8 Å². The molecule has 5 heteroatoms. The molecule has 0 unspecified atom stereocenters. The van der Waals surface area contributed by atoms with E-state index >= 15 is 0 Å². The third-order valence-corrected chi connectivity index (χ3v) is 3.55. The summed E-state index contributed by atoms with van der Waals surface area (Å²) in [5.41, 5.74) is 6.13. The smallest absolute Gasteiger partial charge is 0.273 e. The van der Waals surface area contributed by atoms with Crippen molar-refractivity contribution >= 4 is 21.8 Å². The van der Waals surface area contributed by atoms with E-state index in [9.17, 15) is 4.79 Å². The van der Waals surface area contributed by atoms with E-state index in [4.69, 9.17) is 5.73 Å². The van der Waals surface area contributed by atoms with Gasteiger partial charge in [-0.2, -0.15) is 0 Å². The van der Waals surface area contributed by atoms with Gasteiger partial charge in [0.05, 0.1) is 0 Å². The van der Waals surface area contributed by atoms with Crippen LogP contribution in [0.4, 0.5) is 0 Å². The summed E-state index contributed by atoms with van der Waals surface area (Å²) in [5, 5.41) is 0. The fourth-order valence-corrected chi connectivity index (χ4v) is 2.22. The highest BCUT2D eigenvalue weighted by Gasteiger charge is 2.25. The van der Waals surface area contributed by atoms with Crippen molar-refractivity contribution in [2.45, 2.75) is 27.2 Å². The van der Waals surface area contributed by atoms with Crippen LogP contribution >= 0.6 is 15.9 Å². The second-order valence-electron chi connectivity index (χ2n) is 5.43. The summed E-state index contributed by atoms with van der Waals surface area (Å²) in [7, 11) is 0. The molecule has 1 aromatic rings. The van der Waals surface area contributed by atoms with Crippen molar-refractivity contribution in [1.82, 2.24) is 9.88 Å². The average Bonchev–Trinajstić information content (AvgIpc) is 2.38. The largest absolute Gasteiger partial charge is 0.337 e. The fraction of sp³-hybridized carbons (Fsp3) is 0.571. The number of hydrogen-bond acceptors (Lipinski definition) is 3. The zero-order valence-electron chi connectivity index (χ0n) is 11.8. The lowest BCUT2D eigenvalue weighted by atomic mass is 9.93. The summed E-state index contributed by atoms with van der Waals surface area (Å²) in [5.74, 6) is -0.0455. The number of halogens is 1. The Labute approximate surface area is 123 Å². The molecule has 0 aliphatic carbocycles. The monoisotopic (exact) mass is 327 g/mol. The lowest BCUT2D eigenvalue weighted by molar-refractivity contribution is 0.0682. The van der Waals surface area contributed by atoms with E-state index < -0.39 is 0 Å². The van der Waals surface area contributed by atoms with Gasteiger partial charge >= 0.3 is 0 Å². The minimum Gasteiger partial charge on any atom is -0.337 e. The van der Waals surface area contributed by atoms with E-state index in [2.05, 4.69) is 41.7 Å². The topological polar surface area (TPSA) is 59.2 Å². The molecular weight excluding hydrogens is 306 g/mol. The van der Waals surface area contributed by atoms with E-state index in [1.54, 1.807) is 12.3 Å². The summed E-state index contributed by atoms with van der Waals surface area (Å²) in [6.07, 6.45) is 2.55. The number of carbonyl (C=O) groups excluding carboxylic acids is 1. The normalized spacial score (nSPS) is 11.4. The molecule has 0 radical (unpaired) electrons. The maximum atomic E-state index is 12.5. The molecule has 1 rings (SSSR count). The van der Waals surface area contributed by atoms with E-state index in [0.29, 0.717) is 25.3 Å². The molecule has 2 N–H and O–H groups in total. The van der Waals surface area contributed by atoms with Gasteiger partial charge in [0.1, 0.15) is 5.69 Å². The van der Waals surface area contributed by atoms with Crippen molar-refractivity contribution in [1.29, 1.82) is 0 Å². The van der Waals surface area contributed by atoms with Crippen LogP contribution in [0.5, 0.6) is 0 Å². The molecular formula is C14H22BrN3O. The van der Waals surface area contributed by atoms with Crippen LogP contribution in [-0.4, -0.2) is 35.4 Å². The Morgan fingerprint density at radius 3 is 2.74 bits per heavy atom. The molecule has 0 atom stereocenters. The summed E-state index contributed by atoms with van der Waals surface area (Å²) in [6, 6.07) is 3.63. The van der Waals surface area contributed by atoms with Gasteiger partial charge in [0.2, 0.25) is 0 Å². The van der Waals surface area contributed by atoms with Crippen LogP contribution in [0, 0.1) is 5.41 Å². The highest BCUT2D eigenvalue weighted by molar-refractivity contribution is 9.10. The van der Waals surface area contributed by atoms with E-state index in [1.165, 1.54) is 0 Å². The van der Waals surface area contributed by atoms with Gasteiger partial charge in [0.25, 0.3) is 5.91 Å². The van der Waals surface area contributed by atoms with Crippen molar-refractivity contribution in [2.75, 3.05) is 19.6 Å². The maximum Gasteiger partial charge on any atom is 0.273 e. The molecule has 0 aromatic carbocycles. The predicted octanol–water partition coefficient (Wildman–Crippen LogP) is 2.68. The van der Waals surface area contributed by atoms with Crippen LogP contribution in [0.2, 0.25) is 0 Å². The minimum absolute atomic E-state index is 0.0455. The first-order valence-electron chi connectivity index (χ1n) is 6.51. The average molecular weight is 328 g/mol. The zero-order chi connectivity index (χ0) is 14.5. The fourth-order valence-electron chi connectivity index (χ4n) is 1.80. The SMILES string of the molecule is CCCN(CC(C)(C)CN)C(=O)c1ncccc1Br. The van der Waals surface area contributed by atoms with Gasteiger partial charge in [-0.3, -0.25) is 4.79 Å². The molecule has 19 heavy (non-hydrogen) atoms. The molecule has 1 amide bonds. The molecule has 0 saturated heterocycles. The zero-order valence-corrected chi connectivity index (χ0v) is 13.4. The number of nitrogens with two attached hydrogens (primary N) is 1. The number of rotatable bonds is 6. The molecule has 0 saturated carbocycles. The lowest BCUT2D eigenvalue weighted by Crippen LogP contribution is -2.42. The highest BCUT2D eigenvalue weighted by atomic mass is 79.9. The number of carbonyl (C=O) groups is 1. The predicted molar refractivity (Wildman–Crippen MR) is 81.0 cm³/mol. The minimum atomic E-state index is -0.0912. The van der Waals surface area contributed by atoms with Crippen molar-refractivity contribution in [2.24, 2.45) is 11.1 Å². The Bertz CT molecular complexity index is 434. The quantitative estimate of drug-likeness (QED) is 0.873. The molecule has 0 aliphatic heterocycles. The maximum absolute atomic E-state index is 12.5.